The van der Waals surface area contributed by atoms with Crippen molar-refractivity contribution in [2.75, 3.05) is 0 Å². The van der Waals surface area contributed by atoms with E-state index in [2.05, 4.69) is 50.4 Å². The van der Waals surface area contributed by atoms with Gasteiger partial charge in [-0.15, -0.1) is 11.3 Å². The van der Waals surface area contributed by atoms with Gasteiger partial charge in [-0.2, -0.15) is 15.4 Å². The molecular weight excluding hydrogens is 262 g/mol. The lowest BCUT2D eigenvalue weighted by Gasteiger charge is -2.05. The van der Waals surface area contributed by atoms with Gasteiger partial charge in [-0.25, -0.2) is 0 Å². The van der Waals surface area contributed by atoms with Gasteiger partial charge in [0.05, 0.1) is 15.7 Å². The number of H-pyrrole nitrogens is 1. The quantitative estimate of drug-likeness (QED) is 0.933. The number of hydrogen-bond acceptors (Lipinski definition) is 3. The monoisotopic (exact) mass is 271 g/mol. The van der Waals surface area contributed by atoms with Crippen LogP contribution in [0.5, 0.6) is 0 Å². The maximum absolute atomic E-state index is 4.05. The van der Waals surface area contributed by atoms with Gasteiger partial charge in [-0.05, 0) is 34.0 Å². The molecule has 2 heterocycles. The molecule has 0 aliphatic carbocycles. The zero-order valence-corrected chi connectivity index (χ0v) is 10.1. The molecule has 0 radical (unpaired) electrons. The van der Waals surface area contributed by atoms with E-state index >= 15 is 0 Å². The van der Waals surface area contributed by atoms with E-state index in [1.807, 2.05) is 0 Å². The largest absolute Gasteiger partial charge is 0.198 e. The second-order valence-electron chi connectivity index (χ2n) is 3.21. The highest BCUT2D eigenvalue weighted by Crippen LogP contribution is 2.29. The minimum Gasteiger partial charge on any atom is -0.198 e. The van der Waals surface area contributed by atoms with Crippen molar-refractivity contribution in [2.45, 2.75) is 19.3 Å². The summed E-state index contributed by atoms with van der Waals surface area (Å²) in [7, 11) is 0. The van der Waals surface area contributed by atoms with E-state index < -0.39 is 0 Å². The molecule has 1 N–H and O–H groups in total. The van der Waals surface area contributed by atoms with Crippen LogP contribution < -0.4 is 0 Å². The first-order chi connectivity index (χ1) is 6.75. The second kappa shape index (κ2) is 4.23. The van der Waals surface area contributed by atoms with E-state index in [0.29, 0.717) is 5.92 Å². The molecule has 74 valence electrons. The molecule has 0 aliphatic rings. The number of aromatic nitrogens is 3. The van der Waals surface area contributed by atoms with E-state index in [0.717, 1.165) is 12.1 Å². The van der Waals surface area contributed by atoms with Crippen molar-refractivity contribution in [3.8, 4) is 0 Å². The van der Waals surface area contributed by atoms with Gasteiger partial charge in [0.25, 0.3) is 0 Å². The summed E-state index contributed by atoms with van der Waals surface area (Å²) in [5, 5.41) is 10.5. The van der Waals surface area contributed by atoms with Crippen LogP contribution in [0.1, 0.15) is 23.4 Å². The minimum absolute atomic E-state index is 0.497. The molecule has 0 bridgehead atoms. The number of thiophene rings is 1. The standard InChI is InChI=1S/C9H10BrN3S/c1-6(4-7-5-11-13-12-7)8-2-3-9(10)14-8/h2-3,5-6H,4H2,1H3,(H,11,12,13). The number of aromatic amines is 1. The summed E-state index contributed by atoms with van der Waals surface area (Å²) in [4.78, 5) is 1.37. The third-order valence-electron chi connectivity index (χ3n) is 2.06. The van der Waals surface area contributed by atoms with Crippen LogP contribution in [0.15, 0.2) is 22.1 Å². The highest BCUT2D eigenvalue weighted by Gasteiger charge is 2.10. The Balaban J connectivity index is 2.06. The molecule has 1 atom stereocenters. The predicted molar refractivity (Wildman–Crippen MR) is 60.5 cm³/mol. The molecule has 0 saturated heterocycles. The molecule has 0 amide bonds. The zero-order chi connectivity index (χ0) is 9.97. The fraction of sp³-hybridized carbons (Fsp3) is 0.333. The molecule has 1 unspecified atom stereocenters. The van der Waals surface area contributed by atoms with Crippen LogP contribution in [0, 0.1) is 0 Å². The molecular formula is C9H10BrN3S. The molecule has 14 heavy (non-hydrogen) atoms. The number of hydrogen-bond donors (Lipinski definition) is 1. The Bertz CT molecular complexity index is 396. The third-order valence-corrected chi connectivity index (χ3v) is 3.92. The van der Waals surface area contributed by atoms with Gasteiger partial charge in [-0.3, -0.25) is 0 Å². The van der Waals surface area contributed by atoms with Gasteiger partial charge in [-0.1, -0.05) is 6.92 Å². The van der Waals surface area contributed by atoms with Gasteiger partial charge in [0, 0.05) is 11.3 Å². The molecule has 0 aliphatic heterocycles. The van der Waals surface area contributed by atoms with Crippen molar-refractivity contribution in [1.29, 1.82) is 0 Å². The normalized spacial score (nSPS) is 13.0. The summed E-state index contributed by atoms with van der Waals surface area (Å²) < 4.78 is 1.18. The first-order valence-electron chi connectivity index (χ1n) is 4.35. The van der Waals surface area contributed by atoms with E-state index in [1.54, 1.807) is 17.5 Å². The average molecular weight is 272 g/mol. The number of halogens is 1. The van der Waals surface area contributed by atoms with Gasteiger partial charge in [0.2, 0.25) is 0 Å². The molecule has 0 saturated carbocycles. The average Bonchev–Trinajstić information content (AvgIpc) is 2.75. The SMILES string of the molecule is CC(Cc1cn[nH]n1)c1ccc(Br)s1. The summed E-state index contributed by atoms with van der Waals surface area (Å²) in [6.45, 7) is 2.20. The summed E-state index contributed by atoms with van der Waals surface area (Å²) in [5.74, 6) is 0.497. The van der Waals surface area contributed by atoms with Crippen LogP contribution in [-0.2, 0) is 6.42 Å². The third kappa shape index (κ3) is 2.22. The van der Waals surface area contributed by atoms with Crippen LogP contribution in [-0.4, -0.2) is 15.4 Å². The van der Waals surface area contributed by atoms with E-state index in [9.17, 15) is 0 Å². The van der Waals surface area contributed by atoms with Crippen LogP contribution >= 0.6 is 27.3 Å². The Kier molecular flexibility index (Phi) is 2.98. The fourth-order valence-corrected chi connectivity index (χ4v) is 2.81. The fourth-order valence-electron chi connectivity index (χ4n) is 1.33. The molecule has 2 aromatic rings. The molecule has 2 rings (SSSR count). The zero-order valence-electron chi connectivity index (χ0n) is 7.70. The number of rotatable bonds is 3. The summed E-state index contributed by atoms with van der Waals surface area (Å²) >= 11 is 5.24. The first kappa shape index (κ1) is 9.86. The van der Waals surface area contributed by atoms with Crippen molar-refractivity contribution in [3.63, 3.8) is 0 Å². The number of nitrogens with zero attached hydrogens (tertiary/aromatic N) is 2. The molecule has 0 spiro atoms. The van der Waals surface area contributed by atoms with Crippen molar-refractivity contribution in [2.24, 2.45) is 0 Å². The molecule has 2 aromatic heterocycles. The van der Waals surface area contributed by atoms with Gasteiger partial charge in [0.15, 0.2) is 0 Å². The lowest BCUT2D eigenvalue weighted by Crippen LogP contribution is -1.96. The van der Waals surface area contributed by atoms with Crippen molar-refractivity contribution < 1.29 is 0 Å². The van der Waals surface area contributed by atoms with Crippen LogP contribution in [0.4, 0.5) is 0 Å². The lowest BCUT2D eigenvalue weighted by atomic mass is 10.0. The Hall–Kier alpha value is -0.680. The Morgan fingerprint density at radius 2 is 2.43 bits per heavy atom. The Morgan fingerprint density at radius 3 is 3.00 bits per heavy atom. The lowest BCUT2D eigenvalue weighted by molar-refractivity contribution is 0.749. The smallest absolute Gasteiger partial charge is 0.0830 e. The van der Waals surface area contributed by atoms with E-state index in [4.69, 9.17) is 0 Å². The van der Waals surface area contributed by atoms with Crippen molar-refractivity contribution in [1.82, 2.24) is 15.4 Å². The predicted octanol–water partition coefficient (Wildman–Crippen LogP) is 2.97. The molecule has 5 heteroatoms. The number of nitrogens with one attached hydrogen (secondary N) is 1. The maximum Gasteiger partial charge on any atom is 0.0830 e. The summed E-state index contributed by atoms with van der Waals surface area (Å²) in [6.07, 6.45) is 2.71. The summed E-state index contributed by atoms with van der Waals surface area (Å²) in [6, 6.07) is 4.23. The van der Waals surface area contributed by atoms with Crippen molar-refractivity contribution in [3.05, 3.63) is 32.7 Å². The van der Waals surface area contributed by atoms with Gasteiger partial charge < -0.3 is 0 Å². The summed E-state index contributed by atoms with van der Waals surface area (Å²) in [5.41, 5.74) is 1.02. The highest BCUT2D eigenvalue weighted by molar-refractivity contribution is 9.11. The maximum atomic E-state index is 4.05. The Morgan fingerprint density at radius 1 is 1.57 bits per heavy atom. The molecule has 3 nitrogen and oxygen atoms in total. The topological polar surface area (TPSA) is 41.6 Å². The minimum atomic E-state index is 0.497. The second-order valence-corrected chi connectivity index (χ2v) is 5.70. The Labute approximate surface area is 94.7 Å². The van der Waals surface area contributed by atoms with Crippen LogP contribution in [0.25, 0.3) is 0 Å². The van der Waals surface area contributed by atoms with E-state index in [1.165, 1.54) is 8.66 Å². The molecule has 0 aromatic carbocycles. The highest BCUT2D eigenvalue weighted by atomic mass is 79.9. The van der Waals surface area contributed by atoms with E-state index in [-0.39, 0.29) is 0 Å². The first-order valence-corrected chi connectivity index (χ1v) is 5.96. The van der Waals surface area contributed by atoms with Gasteiger partial charge in [0.1, 0.15) is 0 Å². The molecule has 0 fully saturated rings. The van der Waals surface area contributed by atoms with Crippen LogP contribution in [0.3, 0.4) is 0 Å². The van der Waals surface area contributed by atoms with Crippen molar-refractivity contribution >= 4 is 27.3 Å². The van der Waals surface area contributed by atoms with Gasteiger partial charge >= 0.3 is 0 Å². The van der Waals surface area contributed by atoms with Crippen LogP contribution in [0.2, 0.25) is 0 Å².